The van der Waals surface area contributed by atoms with Gasteiger partial charge in [-0.05, 0) is 41.1 Å². The van der Waals surface area contributed by atoms with Crippen LogP contribution in [-0.4, -0.2) is 19.2 Å². The van der Waals surface area contributed by atoms with Gasteiger partial charge in [0.05, 0.1) is 12.3 Å². The molecule has 0 bridgehead atoms. The van der Waals surface area contributed by atoms with Gasteiger partial charge in [0.25, 0.3) is 0 Å². The van der Waals surface area contributed by atoms with Crippen molar-refractivity contribution in [1.82, 2.24) is 0 Å². The summed E-state index contributed by atoms with van der Waals surface area (Å²) in [5.41, 5.74) is 2.27. The zero-order valence-electron chi connectivity index (χ0n) is 12.5. The van der Waals surface area contributed by atoms with Gasteiger partial charge in [0, 0.05) is 11.9 Å². The summed E-state index contributed by atoms with van der Waals surface area (Å²) >= 11 is 0. The van der Waals surface area contributed by atoms with E-state index in [9.17, 15) is 4.79 Å². The smallest absolute Gasteiger partial charge is 0.414 e. The molecule has 0 radical (unpaired) electrons. The van der Waals surface area contributed by atoms with Crippen LogP contribution in [0.4, 0.5) is 10.5 Å². The number of amides is 1. The average Bonchev–Trinajstić information content (AvgIpc) is 2.55. The van der Waals surface area contributed by atoms with Gasteiger partial charge in [0.2, 0.25) is 0 Å². The van der Waals surface area contributed by atoms with E-state index < -0.39 is 0 Å². The molecule has 3 aromatic rings. The Balaban J connectivity index is 2.05. The molecule has 3 heteroatoms. The van der Waals surface area contributed by atoms with E-state index in [1.54, 1.807) is 4.90 Å². The molecule has 1 amide bonds. The number of anilines is 1. The number of fused-ring (bicyclic) bond motifs is 2. The summed E-state index contributed by atoms with van der Waals surface area (Å²) in [6.45, 7) is 2.91. The third-order valence-corrected chi connectivity index (χ3v) is 4.33. The van der Waals surface area contributed by atoms with Gasteiger partial charge < -0.3 is 4.74 Å². The summed E-state index contributed by atoms with van der Waals surface area (Å²) < 4.78 is 5.23. The number of carbonyl (C=O) groups is 1. The van der Waals surface area contributed by atoms with Gasteiger partial charge in [-0.2, -0.15) is 0 Å². The number of carbonyl (C=O) groups excluding carboxylic acids is 1. The minimum Gasteiger partial charge on any atom is -0.449 e. The second-order valence-electron chi connectivity index (χ2n) is 5.56. The second-order valence-corrected chi connectivity index (χ2v) is 5.56. The van der Waals surface area contributed by atoms with Crippen molar-refractivity contribution in [3.8, 4) is 0 Å². The van der Waals surface area contributed by atoms with Crippen LogP contribution in [0.1, 0.15) is 12.5 Å². The molecule has 110 valence electrons. The lowest BCUT2D eigenvalue weighted by molar-refractivity contribution is 0.160. The van der Waals surface area contributed by atoms with Crippen molar-refractivity contribution in [2.24, 2.45) is 0 Å². The Morgan fingerprint density at radius 2 is 1.95 bits per heavy atom. The normalized spacial score (nSPS) is 13.6. The fourth-order valence-electron chi connectivity index (χ4n) is 3.38. The van der Waals surface area contributed by atoms with Crippen LogP contribution in [0.5, 0.6) is 0 Å². The monoisotopic (exact) mass is 291 g/mol. The van der Waals surface area contributed by atoms with Gasteiger partial charge in [-0.1, -0.05) is 42.5 Å². The van der Waals surface area contributed by atoms with E-state index in [4.69, 9.17) is 4.74 Å². The lowest BCUT2D eigenvalue weighted by Crippen LogP contribution is -2.35. The summed E-state index contributed by atoms with van der Waals surface area (Å²) in [7, 11) is 0. The first-order valence-corrected chi connectivity index (χ1v) is 7.67. The lowest BCUT2D eigenvalue weighted by Gasteiger charge is -2.29. The summed E-state index contributed by atoms with van der Waals surface area (Å²) in [6, 6.07) is 16.8. The lowest BCUT2D eigenvalue weighted by atomic mass is 9.92. The molecule has 3 aromatic carbocycles. The van der Waals surface area contributed by atoms with Gasteiger partial charge in [0.1, 0.15) is 0 Å². The van der Waals surface area contributed by atoms with E-state index in [1.807, 2.05) is 13.0 Å². The highest BCUT2D eigenvalue weighted by molar-refractivity contribution is 6.16. The van der Waals surface area contributed by atoms with Gasteiger partial charge in [-0.25, -0.2) is 4.79 Å². The SMILES string of the molecule is CCOC(=O)N1CCc2cccc3c2c1cc1ccccc13. The van der Waals surface area contributed by atoms with Gasteiger partial charge in [-0.3, -0.25) is 4.90 Å². The fourth-order valence-corrected chi connectivity index (χ4v) is 3.38. The standard InChI is InChI=1S/C19H17NO2/c1-2-22-19(21)20-11-10-13-7-5-9-16-15-8-4-3-6-14(15)12-17(20)18(13)16/h3-9,12H,2,10-11H2,1H3. The highest BCUT2D eigenvalue weighted by Crippen LogP contribution is 2.39. The molecule has 0 saturated carbocycles. The van der Waals surface area contributed by atoms with E-state index in [0.29, 0.717) is 13.2 Å². The van der Waals surface area contributed by atoms with Crippen molar-refractivity contribution < 1.29 is 9.53 Å². The highest BCUT2D eigenvalue weighted by Gasteiger charge is 2.25. The summed E-state index contributed by atoms with van der Waals surface area (Å²) in [4.78, 5) is 14.1. The first-order valence-electron chi connectivity index (χ1n) is 7.67. The predicted molar refractivity (Wildman–Crippen MR) is 89.5 cm³/mol. The second kappa shape index (κ2) is 5.02. The Kier molecular flexibility index (Phi) is 3.00. The van der Waals surface area contributed by atoms with Crippen LogP contribution in [0.2, 0.25) is 0 Å². The molecule has 0 aromatic heterocycles. The summed E-state index contributed by atoms with van der Waals surface area (Å²) in [5.74, 6) is 0. The number of nitrogens with zero attached hydrogens (tertiary/aromatic N) is 1. The van der Waals surface area contributed by atoms with Crippen molar-refractivity contribution in [2.75, 3.05) is 18.1 Å². The van der Waals surface area contributed by atoms with E-state index in [-0.39, 0.29) is 6.09 Å². The van der Waals surface area contributed by atoms with Crippen LogP contribution in [0.25, 0.3) is 21.5 Å². The molecular formula is C19H17NO2. The molecule has 3 nitrogen and oxygen atoms in total. The third-order valence-electron chi connectivity index (χ3n) is 4.33. The molecule has 1 aliphatic rings. The molecule has 1 heterocycles. The van der Waals surface area contributed by atoms with Gasteiger partial charge in [0.15, 0.2) is 0 Å². The van der Waals surface area contributed by atoms with Gasteiger partial charge >= 0.3 is 6.09 Å². The Labute approximate surface area is 129 Å². The maximum atomic E-state index is 12.3. The van der Waals surface area contributed by atoms with Crippen LogP contribution in [-0.2, 0) is 11.2 Å². The van der Waals surface area contributed by atoms with Crippen molar-refractivity contribution in [1.29, 1.82) is 0 Å². The van der Waals surface area contributed by atoms with E-state index in [2.05, 4.69) is 42.5 Å². The van der Waals surface area contributed by atoms with E-state index >= 15 is 0 Å². The first-order chi connectivity index (χ1) is 10.8. The first kappa shape index (κ1) is 13.1. The molecule has 0 unspecified atom stereocenters. The van der Waals surface area contributed by atoms with E-state index in [0.717, 1.165) is 17.5 Å². The van der Waals surface area contributed by atoms with Crippen molar-refractivity contribution in [2.45, 2.75) is 13.3 Å². The Morgan fingerprint density at radius 3 is 2.82 bits per heavy atom. The van der Waals surface area contributed by atoms with Crippen LogP contribution < -0.4 is 4.90 Å². The molecule has 0 aliphatic carbocycles. The molecular weight excluding hydrogens is 274 g/mol. The van der Waals surface area contributed by atoms with Gasteiger partial charge in [-0.15, -0.1) is 0 Å². The van der Waals surface area contributed by atoms with Crippen molar-refractivity contribution in [3.63, 3.8) is 0 Å². The molecule has 0 atom stereocenters. The number of benzene rings is 3. The predicted octanol–water partition coefficient (Wildman–Crippen LogP) is 4.51. The number of ether oxygens (including phenoxy) is 1. The van der Waals surface area contributed by atoms with Crippen LogP contribution in [0.3, 0.4) is 0 Å². The largest absolute Gasteiger partial charge is 0.449 e. The topological polar surface area (TPSA) is 29.5 Å². The molecule has 1 aliphatic heterocycles. The molecule has 22 heavy (non-hydrogen) atoms. The van der Waals surface area contributed by atoms with Crippen molar-refractivity contribution in [3.05, 3.63) is 54.1 Å². The summed E-state index contributed by atoms with van der Waals surface area (Å²) in [6.07, 6.45) is 0.607. The molecule has 0 fully saturated rings. The third kappa shape index (κ3) is 1.86. The number of rotatable bonds is 1. The maximum absolute atomic E-state index is 12.3. The molecule has 0 N–H and O–H groups in total. The van der Waals surface area contributed by atoms with E-state index in [1.165, 1.54) is 21.7 Å². The molecule has 0 spiro atoms. The average molecular weight is 291 g/mol. The van der Waals surface area contributed by atoms with Crippen LogP contribution >= 0.6 is 0 Å². The molecule has 4 rings (SSSR count). The Morgan fingerprint density at radius 1 is 1.14 bits per heavy atom. The Bertz CT molecular complexity index is 885. The number of hydrogen-bond donors (Lipinski definition) is 0. The van der Waals surface area contributed by atoms with Crippen LogP contribution in [0, 0.1) is 0 Å². The highest BCUT2D eigenvalue weighted by atomic mass is 16.6. The van der Waals surface area contributed by atoms with Crippen molar-refractivity contribution >= 4 is 33.3 Å². The summed E-state index contributed by atoms with van der Waals surface area (Å²) in [5, 5.41) is 4.77. The number of hydrogen-bond acceptors (Lipinski definition) is 2. The quantitative estimate of drug-likeness (QED) is 0.617. The maximum Gasteiger partial charge on any atom is 0.414 e. The fraction of sp³-hybridized carbons (Fsp3) is 0.211. The molecule has 0 saturated heterocycles. The van der Waals surface area contributed by atoms with Crippen LogP contribution in [0.15, 0.2) is 48.5 Å². The minimum atomic E-state index is -0.256. The zero-order chi connectivity index (χ0) is 15.1. The minimum absolute atomic E-state index is 0.256. The zero-order valence-corrected chi connectivity index (χ0v) is 12.5. The Hall–Kier alpha value is -2.55.